The van der Waals surface area contributed by atoms with Gasteiger partial charge in [0.05, 0.1) is 57.7 Å². The number of fused-ring (bicyclic) bond motifs is 2. The summed E-state index contributed by atoms with van der Waals surface area (Å²) in [6.07, 6.45) is 0. The lowest BCUT2D eigenvalue weighted by molar-refractivity contribution is -0.432. The van der Waals surface area contributed by atoms with Crippen molar-refractivity contribution in [1.29, 1.82) is 0 Å². The Hall–Kier alpha value is -5.39. The van der Waals surface area contributed by atoms with Crippen molar-refractivity contribution >= 4 is 89.9 Å². The summed E-state index contributed by atoms with van der Waals surface area (Å²) >= 11 is 1.12. The van der Waals surface area contributed by atoms with Gasteiger partial charge in [-0.15, -0.1) is 24.0 Å². The van der Waals surface area contributed by atoms with Gasteiger partial charge in [0.25, 0.3) is 10.1 Å². The van der Waals surface area contributed by atoms with Crippen LogP contribution in [0.2, 0.25) is 0 Å². The summed E-state index contributed by atoms with van der Waals surface area (Å²) in [5, 5.41) is 68.4. The third-order valence-electron chi connectivity index (χ3n) is 7.70. The van der Waals surface area contributed by atoms with E-state index in [2.05, 4.69) is 44.5 Å². The Bertz CT molecular complexity index is 2520. The Kier molecular flexibility index (Phi) is 11.9. The molecule has 0 radical (unpaired) electrons. The third kappa shape index (κ3) is 8.69. The molecule has 6 aromatic rings. The molecule has 20 heteroatoms. The molecular formula is C34H27N5O12S3. The molecule has 17 nitrogen and oxygen atoms in total. The van der Waals surface area contributed by atoms with E-state index in [0.717, 1.165) is 23.5 Å². The molecule has 54 heavy (non-hydrogen) atoms. The Morgan fingerprint density at radius 1 is 0.722 bits per heavy atom. The zero-order valence-electron chi connectivity index (χ0n) is 27.8. The first-order valence-electron chi connectivity index (χ1n) is 15.2. The second-order valence-corrected chi connectivity index (χ2v) is 14.1. The van der Waals surface area contributed by atoms with Crippen LogP contribution >= 0.6 is 24.1 Å². The number of aryl methyl sites for hydroxylation is 1. The Labute approximate surface area is 314 Å². The maximum atomic E-state index is 12.1. The van der Waals surface area contributed by atoms with Crippen molar-refractivity contribution in [2.75, 3.05) is 12.4 Å². The highest BCUT2D eigenvalue weighted by Gasteiger charge is 2.19. The molecular weight excluding hydrogens is 767 g/mol. The van der Waals surface area contributed by atoms with E-state index >= 15 is 0 Å². The number of anilines is 2. The lowest BCUT2D eigenvalue weighted by Crippen LogP contribution is -1.98. The fourth-order valence-corrected chi connectivity index (χ4v) is 6.78. The minimum absolute atomic E-state index is 0.000742. The molecule has 6 rings (SSSR count). The van der Waals surface area contributed by atoms with E-state index in [1.807, 2.05) is 36.4 Å². The maximum Gasteiger partial charge on any atom is 0.294 e. The van der Waals surface area contributed by atoms with Crippen molar-refractivity contribution in [2.24, 2.45) is 20.5 Å². The number of ether oxygens (including phenoxy) is 1. The number of nitrogens with one attached hydrogen (secondary N) is 1. The average Bonchev–Trinajstić information content (AvgIpc) is 3.15. The molecule has 0 amide bonds. The van der Waals surface area contributed by atoms with Gasteiger partial charge in [-0.3, -0.25) is 4.55 Å². The number of hydrogen-bond acceptors (Lipinski definition) is 18. The molecule has 278 valence electrons. The van der Waals surface area contributed by atoms with E-state index in [9.17, 15) is 23.2 Å². The van der Waals surface area contributed by atoms with Crippen molar-refractivity contribution in [3.8, 4) is 17.2 Å². The van der Waals surface area contributed by atoms with Gasteiger partial charge in [-0.05, 0) is 90.0 Å². The number of para-hydroxylation sites is 1. The molecule has 0 saturated heterocycles. The summed E-state index contributed by atoms with van der Waals surface area (Å²) in [5.74, 6) is -0.381. The molecule has 0 bridgehead atoms. The van der Waals surface area contributed by atoms with Gasteiger partial charge in [0.15, 0.2) is 5.75 Å². The lowest BCUT2D eigenvalue weighted by Gasteiger charge is -2.12. The predicted octanol–water partition coefficient (Wildman–Crippen LogP) is 10.4. The van der Waals surface area contributed by atoms with Gasteiger partial charge in [0.1, 0.15) is 22.9 Å². The quantitative estimate of drug-likeness (QED) is 0.0197. The van der Waals surface area contributed by atoms with Gasteiger partial charge in [-0.25, -0.2) is 10.5 Å². The van der Waals surface area contributed by atoms with Crippen LogP contribution in [0.1, 0.15) is 5.56 Å². The second kappa shape index (κ2) is 16.7. The van der Waals surface area contributed by atoms with Crippen LogP contribution in [0, 0.1) is 6.92 Å². The smallest absolute Gasteiger partial charge is 0.294 e. The first-order chi connectivity index (χ1) is 26.0. The molecule has 0 aliphatic rings. The highest BCUT2D eigenvalue weighted by atomic mass is 32.2. The molecule has 6 aromatic carbocycles. The van der Waals surface area contributed by atoms with Crippen molar-refractivity contribution in [3.63, 3.8) is 0 Å². The third-order valence-corrected chi connectivity index (χ3v) is 9.71. The van der Waals surface area contributed by atoms with Gasteiger partial charge < -0.3 is 20.3 Å². The van der Waals surface area contributed by atoms with E-state index in [-0.39, 0.29) is 60.6 Å². The number of hydrogen-bond donors (Lipinski definition) is 6. The van der Waals surface area contributed by atoms with Crippen molar-refractivity contribution in [3.05, 3.63) is 96.6 Å². The van der Waals surface area contributed by atoms with Crippen LogP contribution in [0.25, 0.3) is 21.5 Å². The molecule has 6 N–H and O–H groups in total. The highest BCUT2D eigenvalue weighted by molar-refractivity contribution is 7.95. The number of methoxy groups -OCH3 is 1. The maximum absolute atomic E-state index is 12.1. The standard InChI is InChI=1S/C34H27N5O12S3/c1-18-10-27(37-39-33-31(53-51-49-43)14-19-11-22(8-9-25(19)34(33)41)35-21-6-4-3-5-7-21)30(47-2)17-26(18)36-38-28-16-24(54(44,45)46)13-20-12-23(52-50-48-42)15-29(40)32(20)28/h3-17,35,40-43H,1-2H3,(H,44,45,46). The molecule has 0 aromatic heterocycles. The van der Waals surface area contributed by atoms with Crippen LogP contribution in [0.3, 0.4) is 0 Å². The van der Waals surface area contributed by atoms with Gasteiger partial charge in [-0.2, -0.15) is 13.5 Å². The molecule has 0 aliphatic heterocycles. The van der Waals surface area contributed by atoms with Crippen molar-refractivity contribution in [1.82, 2.24) is 0 Å². The van der Waals surface area contributed by atoms with Crippen LogP contribution in [-0.4, -0.2) is 40.8 Å². The summed E-state index contributed by atoms with van der Waals surface area (Å²) < 4.78 is 48.5. The van der Waals surface area contributed by atoms with Crippen LogP contribution < -0.4 is 10.1 Å². The number of nitrogens with zero attached hydrogens (tertiary/aromatic N) is 4. The number of phenolic OH excluding ortho intramolecular Hbond substituents is 2. The van der Waals surface area contributed by atoms with E-state index in [4.69, 9.17) is 15.3 Å². The number of aromatic hydroxyl groups is 2. The predicted molar refractivity (Wildman–Crippen MR) is 198 cm³/mol. The first kappa shape index (κ1) is 38.3. The van der Waals surface area contributed by atoms with Gasteiger partial charge >= 0.3 is 0 Å². The molecule has 0 saturated carbocycles. The summed E-state index contributed by atoms with van der Waals surface area (Å²) in [5.41, 5.74) is 2.50. The summed E-state index contributed by atoms with van der Waals surface area (Å²) in [4.78, 5) is -0.0556. The Morgan fingerprint density at radius 2 is 1.44 bits per heavy atom. The first-order valence-corrected chi connectivity index (χ1v) is 18.1. The van der Waals surface area contributed by atoms with Crippen LogP contribution in [0.5, 0.6) is 17.2 Å². The normalized spacial score (nSPS) is 12.0. The minimum atomic E-state index is -4.71. The van der Waals surface area contributed by atoms with Crippen molar-refractivity contribution < 1.29 is 57.2 Å². The Balaban J connectivity index is 1.35. The van der Waals surface area contributed by atoms with Crippen molar-refractivity contribution in [2.45, 2.75) is 21.6 Å². The number of phenols is 2. The average molecular weight is 794 g/mol. The van der Waals surface area contributed by atoms with E-state index in [0.29, 0.717) is 40.4 Å². The monoisotopic (exact) mass is 793 g/mol. The van der Waals surface area contributed by atoms with Gasteiger partial charge in [0, 0.05) is 27.7 Å². The topological polar surface area (TPSA) is 243 Å². The molecule has 0 spiro atoms. The largest absolute Gasteiger partial charge is 0.507 e. The van der Waals surface area contributed by atoms with Gasteiger partial charge in [0.2, 0.25) is 0 Å². The zero-order valence-corrected chi connectivity index (χ0v) is 30.2. The number of rotatable bonds is 14. The summed E-state index contributed by atoms with van der Waals surface area (Å²) in [7, 11) is -3.33. The zero-order chi connectivity index (χ0) is 38.4. The molecule has 0 heterocycles. The highest BCUT2D eigenvalue weighted by Crippen LogP contribution is 2.46. The summed E-state index contributed by atoms with van der Waals surface area (Å²) in [6.45, 7) is 1.69. The summed E-state index contributed by atoms with van der Waals surface area (Å²) in [6, 6.07) is 24.4. The lowest BCUT2D eigenvalue weighted by atomic mass is 10.1. The molecule has 0 unspecified atom stereocenters. The van der Waals surface area contributed by atoms with Crippen LogP contribution in [0.15, 0.2) is 126 Å². The SMILES string of the molecule is COc1cc(N=Nc2cc(S(=O)(=O)O)cc3cc(SOOO)cc(O)c23)c(C)cc1N=Nc1c(SOOO)cc2cc(Nc3ccccc3)ccc2c1O. The van der Waals surface area contributed by atoms with Gasteiger partial charge in [-0.1, -0.05) is 28.3 Å². The Morgan fingerprint density at radius 3 is 2.17 bits per heavy atom. The van der Waals surface area contributed by atoms with E-state index < -0.39 is 15.0 Å². The second-order valence-electron chi connectivity index (χ2n) is 11.1. The van der Waals surface area contributed by atoms with E-state index in [1.165, 1.54) is 25.3 Å². The fraction of sp³-hybridized carbons (Fsp3) is 0.0588. The van der Waals surface area contributed by atoms with Crippen LogP contribution in [-0.2, 0) is 28.9 Å². The minimum Gasteiger partial charge on any atom is -0.507 e. The van der Waals surface area contributed by atoms with Crippen LogP contribution in [0.4, 0.5) is 34.1 Å². The van der Waals surface area contributed by atoms with E-state index in [1.54, 1.807) is 31.2 Å². The molecule has 0 aliphatic carbocycles. The fourth-order valence-electron chi connectivity index (χ4n) is 5.30. The molecule has 0 fully saturated rings. The number of benzene rings is 6. The molecule has 0 atom stereocenters. The number of azo groups is 2.